The van der Waals surface area contributed by atoms with Crippen LogP contribution in [0, 0.1) is 24.0 Å². The maximum Gasteiger partial charge on any atom is 0.248 e. The van der Waals surface area contributed by atoms with Crippen molar-refractivity contribution in [2.45, 2.75) is 17.7 Å². The number of aryl methyl sites for hydroxylation is 1. The van der Waals surface area contributed by atoms with E-state index in [0.717, 1.165) is 16.4 Å². The van der Waals surface area contributed by atoms with Crippen molar-refractivity contribution in [3.05, 3.63) is 41.5 Å². The van der Waals surface area contributed by atoms with Crippen LogP contribution < -0.4 is 0 Å². The molecule has 2 aliphatic heterocycles. The summed E-state index contributed by atoms with van der Waals surface area (Å²) in [5.41, 5.74) is -0.647. The average molecular weight is 442 g/mol. The molecular weight excluding hydrogens is 422 g/mol. The molecule has 1 spiro atoms. The van der Waals surface area contributed by atoms with Gasteiger partial charge < -0.3 is 14.2 Å². The fourth-order valence-electron chi connectivity index (χ4n) is 4.14. The quantitative estimate of drug-likeness (QED) is 0.678. The maximum atomic E-state index is 14.1. The average Bonchev–Trinajstić information content (AvgIpc) is 3.24. The Labute approximate surface area is 171 Å². The molecule has 1 amide bonds. The first-order valence-corrected chi connectivity index (χ1v) is 10.6. The van der Waals surface area contributed by atoms with E-state index in [2.05, 4.69) is 10.1 Å². The molecule has 1 unspecified atom stereocenters. The molecule has 4 rings (SSSR count). The number of benzene rings is 1. The van der Waals surface area contributed by atoms with Crippen LogP contribution in [-0.4, -0.2) is 73.6 Å². The third-order valence-electron chi connectivity index (χ3n) is 5.60. The van der Waals surface area contributed by atoms with Crippen LogP contribution in [0.4, 0.5) is 8.78 Å². The predicted octanol–water partition coefficient (Wildman–Crippen LogP) is 0.919. The number of rotatable bonds is 5. The summed E-state index contributed by atoms with van der Waals surface area (Å²) in [4.78, 5) is 17.6. The van der Waals surface area contributed by atoms with Crippen molar-refractivity contribution in [2.75, 3.05) is 39.9 Å². The van der Waals surface area contributed by atoms with Crippen LogP contribution in [0.25, 0.3) is 0 Å². The zero-order valence-electron chi connectivity index (χ0n) is 16.3. The number of methoxy groups -OCH3 is 1. The number of nitrogens with zero attached hydrogens (tertiary/aromatic N) is 4. The Morgan fingerprint density at radius 2 is 2.07 bits per heavy atom. The maximum absolute atomic E-state index is 14.1. The molecule has 0 saturated carbocycles. The molecule has 2 fully saturated rings. The van der Waals surface area contributed by atoms with Gasteiger partial charge in [0.1, 0.15) is 23.1 Å². The number of aromatic nitrogens is 2. The summed E-state index contributed by atoms with van der Waals surface area (Å²) < 4.78 is 64.3. The molecule has 0 radical (unpaired) electrons. The van der Waals surface area contributed by atoms with Crippen LogP contribution in [0.2, 0.25) is 0 Å². The molecule has 0 bridgehead atoms. The molecule has 3 heterocycles. The van der Waals surface area contributed by atoms with Gasteiger partial charge in [-0.1, -0.05) is 5.16 Å². The van der Waals surface area contributed by atoms with Crippen molar-refractivity contribution in [1.82, 2.24) is 19.3 Å². The number of carbonyl (C=O) groups excluding carboxylic acids is 1. The Hall–Kier alpha value is -2.44. The van der Waals surface area contributed by atoms with Crippen molar-refractivity contribution < 1.29 is 31.3 Å². The van der Waals surface area contributed by atoms with Crippen LogP contribution >= 0.6 is 0 Å². The van der Waals surface area contributed by atoms with Gasteiger partial charge >= 0.3 is 0 Å². The minimum atomic E-state index is -4.16. The normalized spacial score (nSPS) is 21.2. The zero-order chi connectivity index (χ0) is 21.7. The van der Waals surface area contributed by atoms with E-state index in [1.165, 1.54) is 7.11 Å². The topological polar surface area (TPSA) is 106 Å². The van der Waals surface area contributed by atoms with Crippen molar-refractivity contribution in [3.8, 4) is 0 Å². The second kappa shape index (κ2) is 7.36. The Balaban J connectivity index is 1.60. The number of amides is 1. The predicted molar refractivity (Wildman–Crippen MR) is 97.8 cm³/mol. The summed E-state index contributed by atoms with van der Waals surface area (Å²) >= 11 is 0. The summed E-state index contributed by atoms with van der Waals surface area (Å²) in [5.74, 6) is -1.86. The van der Waals surface area contributed by atoms with Crippen molar-refractivity contribution in [2.24, 2.45) is 5.41 Å². The standard InChI is InChI=1S/C18H20F2N4O5S/c1-11-21-17(29-22-11)13-6-23(16(25)7-28-2)8-18(13)9-24(10-18)30(26,27)15-4-3-12(19)5-14(15)20/h3-5,13H,6-10H2,1-2H3. The molecule has 162 valence electrons. The van der Waals surface area contributed by atoms with Gasteiger partial charge in [0, 0.05) is 44.8 Å². The lowest BCUT2D eigenvalue weighted by molar-refractivity contribution is -0.134. The van der Waals surface area contributed by atoms with E-state index in [9.17, 15) is 22.0 Å². The molecule has 2 saturated heterocycles. The highest BCUT2D eigenvalue weighted by molar-refractivity contribution is 7.89. The van der Waals surface area contributed by atoms with E-state index in [4.69, 9.17) is 9.26 Å². The van der Waals surface area contributed by atoms with Gasteiger partial charge in [0.25, 0.3) is 0 Å². The van der Waals surface area contributed by atoms with Gasteiger partial charge in [-0.05, 0) is 19.1 Å². The molecule has 9 nitrogen and oxygen atoms in total. The van der Waals surface area contributed by atoms with E-state index in [1.807, 2.05) is 0 Å². The number of ether oxygens (including phenoxy) is 1. The minimum absolute atomic E-state index is 0.0367. The minimum Gasteiger partial charge on any atom is -0.375 e. The van der Waals surface area contributed by atoms with Gasteiger partial charge in [0.05, 0.1) is 5.92 Å². The molecule has 12 heteroatoms. The van der Waals surface area contributed by atoms with Gasteiger partial charge in [-0.2, -0.15) is 9.29 Å². The third kappa shape index (κ3) is 3.38. The number of hydrogen-bond acceptors (Lipinski definition) is 7. The first-order chi connectivity index (χ1) is 14.2. The summed E-state index contributed by atoms with van der Waals surface area (Å²) in [6, 6.07) is 2.34. The van der Waals surface area contributed by atoms with E-state index in [-0.39, 0.29) is 44.6 Å². The number of carbonyl (C=O) groups is 1. The van der Waals surface area contributed by atoms with Crippen LogP contribution in [0.3, 0.4) is 0 Å². The Morgan fingerprint density at radius 3 is 2.67 bits per heavy atom. The summed E-state index contributed by atoms with van der Waals surface area (Å²) in [5, 5.41) is 3.80. The largest absolute Gasteiger partial charge is 0.375 e. The molecule has 1 atom stereocenters. The Morgan fingerprint density at radius 1 is 1.33 bits per heavy atom. The van der Waals surface area contributed by atoms with Crippen molar-refractivity contribution in [3.63, 3.8) is 0 Å². The summed E-state index contributed by atoms with van der Waals surface area (Å²) in [6.07, 6.45) is 0. The lowest BCUT2D eigenvalue weighted by atomic mass is 9.73. The SMILES string of the molecule is COCC(=O)N1CC(c2nc(C)no2)C2(C1)CN(S(=O)(=O)c1ccc(F)cc1F)C2. The van der Waals surface area contributed by atoms with E-state index in [1.54, 1.807) is 11.8 Å². The van der Waals surface area contributed by atoms with Gasteiger partial charge in [-0.3, -0.25) is 4.79 Å². The molecule has 2 aliphatic rings. The Bertz CT molecular complexity index is 1080. The first kappa shape index (κ1) is 20.8. The van der Waals surface area contributed by atoms with Crippen molar-refractivity contribution >= 4 is 15.9 Å². The van der Waals surface area contributed by atoms with Gasteiger partial charge in [0.2, 0.25) is 21.8 Å². The highest BCUT2D eigenvalue weighted by Crippen LogP contribution is 2.50. The number of hydrogen-bond donors (Lipinski definition) is 0. The summed E-state index contributed by atoms with van der Waals surface area (Å²) in [6.45, 7) is 2.19. The monoisotopic (exact) mass is 442 g/mol. The molecule has 0 N–H and O–H groups in total. The lowest BCUT2D eigenvalue weighted by Crippen LogP contribution is -2.61. The van der Waals surface area contributed by atoms with Gasteiger partial charge in [-0.25, -0.2) is 17.2 Å². The Kier molecular flexibility index (Phi) is 5.11. The first-order valence-electron chi connectivity index (χ1n) is 9.18. The number of halogens is 2. The highest BCUT2D eigenvalue weighted by atomic mass is 32.2. The fraction of sp³-hybridized carbons (Fsp3) is 0.500. The van der Waals surface area contributed by atoms with Crippen LogP contribution in [0.1, 0.15) is 17.6 Å². The highest BCUT2D eigenvalue weighted by Gasteiger charge is 2.60. The summed E-state index contributed by atoms with van der Waals surface area (Å²) in [7, 11) is -2.75. The van der Waals surface area contributed by atoms with Crippen molar-refractivity contribution in [1.29, 1.82) is 0 Å². The lowest BCUT2D eigenvalue weighted by Gasteiger charge is -2.48. The molecule has 1 aromatic heterocycles. The van der Waals surface area contributed by atoms with Crippen LogP contribution in [-0.2, 0) is 19.6 Å². The van der Waals surface area contributed by atoms with Crippen LogP contribution in [0.15, 0.2) is 27.6 Å². The molecule has 30 heavy (non-hydrogen) atoms. The molecule has 1 aromatic carbocycles. The number of sulfonamides is 1. The van der Waals surface area contributed by atoms with Crippen LogP contribution in [0.5, 0.6) is 0 Å². The molecule has 0 aliphatic carbocycles. The smallest absolute Gasteiger partial charge is 0.248 e. The molecular formula is C18H20F2N4O5S. The van der Waals surface area contributed by atoms with E-state index < -0.39 is 32.0 Å². The fourth-order valence-corrected chi connectivity index (χ4v) is 5.82. The number of likely N-dealkylation sites (tertiary alicyclic amines) is 1. The third-order valence-corrected chi connectivity index (χ3v) is 7.43. The second-order valence-corrected chi connectivity index (χ2v) is 9.56. The second-order valence-electron chi connectivity index (χ2n) is 7.65. The molecule has 2 aromatic rings. The van der Waals surface area contributed by atoms with E-state index in [0.29, 0.717) is 17.8 Å². The zero-order valence-corrected chi connectivity index (χ0v) is 17.2. The van der Waals surface area contributed by atoms with E-state index >= 15 is 0 Å². The van der Waals surface area contributed by atoms with Gasteiger partial charge in [0.15, 0.2) is 5.82 Å². The van der Waals surface area contributed by atoms with Gasteiger partial charge in [-0.15, -0.1) is 0 Å².